The Labute approximate surface area is 89.8 Å². The smallest absolute Gasteiger partial charge is 0.0490 e. The Morgan fingerprint density at radius 2 is 2.07 bits per heavy atom. The highest BCUT2D eigenvalue weighted by Gasteiger charge is 2.42. The van der Waals surface area contributed by atoms with E-state index in [0.29, 0.717) is 6.61 Å². The van der Waals surface area contributed by atoms with Crippen molar-refractivity contribution < 1.29 is 5.11 Å². The molecule has 0 saturated heterocycles. The Balaban J connectivity index is 1.96. The number of hydrogen-bond donors (Lipinski definition) is 1. The van der Waals surface area contributed by atoms with Crippen molar-refractivity contribution in [2.75, 3.05) is 6.61 Å². The molecule has 1 fully saturated rings. The molecule has 0 aromatic carbocycles. The molecule has 1 saturated carbocycles. The molecule has 0 unspecified atom stereocenters. The van der Waals surface area contributed by atoms with Crippen LogP contribution in [0.25, 0.3) is 0 Å². The lowest BCUT2D eigenvalue weighted by atomic mass is 10.0. The van der Waals surface area contributed by atoms with Crippen molar-refractivity contribution in [1.82, 2.24) is 0 Å². The monoisotopic (exact) mass is 210 g/mol. The van der Waals surface area contributed by atoms with Crippen molar-refractivity contribution in [2.45, 2.75) is 39.0 Å². The van der Waals surface area contributed by atoms with Crippen LogP contribution in [0.2, 0.25) is 0 Å². The van der Waals surface area contributed by atoms with Gasteiger partial charge in [-0.15, -0.1) is 11.3 Å². The highest BCUT2D eigenvalue weighted by molar-refractivity contribution is 7.12. The lowest BCUT2D eigenvalue weighted by Gasteiger charge is -2.08. The number of thiophene rings is 1. The summed E-state index contributed by atoms with van der Waals surface area (Å²) in [5.41, 5.74) is 0.272. The molecule has 0 amide bonds. The maximum atomic E-state index is 9.23. The SMILES string of the molecule is CCCc1ccc(CC2(CO)CC2)s1. The van der Waals surface area contributed by atoms with Gasteiger partial charge < -0.3 is 5.11 Å². The van der Waals surface area contributed by atoms with Gasteiger partial charge in [0, 0.05) is 16.4 Å². The Bertz CT molecular complexity index is 299. The van der Waals surface area contributed by atoms with Crippen molar-refractivity contribution in [1.29, 1.82) is 0 Å². The highest BCUT2D eigenvalue weighted by Crippen LogP contribution is 2.48. The molecule has 1 aliphatic rings. The topological polar surface area (TPSA) is 20.2 Å². The maximum absolute atomic E-state index is 9.23. The zero-order valence-corrected chi connectivity index (χ0v) is 9.57. The van der Waals surface area contributed by atoms with Crippen LogP contribution in [0.4, 0.5) is 0 Å². The summed E-state index contributed by atoms with van der Waals surface area (Å²) in [6, 6.07) is 4.49. The first-order chi connectivity index (χ1) is 6.78. The van der Waals surface area contributed by atoms with Gasteiger partial charge in [-0.1, -0.05) is 13.3 Å². The molecule has 14 heavy (non-hydrogen) atoms. The van der Waals surface area contributed by atoms with Gasteiger partial charge in [-0.3, -0.25) is 0 Å². The van der Waals surface area contributed by atoms with Crippen LogP contribution >= 0.6 is 11.3 Å². The van der Waals surface area contributed by atoms with Crippen LogP contribution in [0.1, 0.15) is 35.9 Å². The van der Waals surface area contributed by atoms with Gasteiger partial charge in [0.1, 0.15) is 0 Å². The average molecular weight is 210 g/mol. The summed E-state index contributed by atoms with van der Waals surface area (Å²) in [4.78, 5) is 2.95. The third kappa shape index (κ3) is 2.18. The third-order valence-electron chi connectivity index (χ3n) is 3.06. The van der Waals surface area contributed by atoms with Gasteiger partial charge in [0.15, 0.2) is 0 Å². The molecule has 2 heteroatoms. The Kier molecular flexibility index (Phi) is 2.93. The first-order valence-electron chi connectivity index (χ1n) is 5.46. The summed E-state index contributed by atoms with van der Waals surface area (Å²) in [6.07, 6.45) is 5.95. The standard InChI is InChI=1S/C12H18OS/c1-2-3-10-4-5-11(14-10)8-12(9-13)6-7-12/h4-5,13H,2-3,6-9H2,1H3. The fourth-order valence-corrected chi connectivity index (χ4v) is 3.13. The average Bonchev–Trinajstić information content (AvgIpc) is 2.82. The van der Waals surface area contributed by atoms with Crippen LogP contribution in [0.15, 0.2) is 12.1 Å². The highest BCUT2D eigenvalue weighted by atomic mass is 32.1. The number of aliphatic hydroxyl groups is 1. The van der Waals surface area contributed by atoms with Gasteiger partial charge in [-0.2, -0.15) is 0 Å². The van der Waals surface area contributed by atoms with Gasteiger partial charge >= 0.3 is 0 Å². The van der Waals surface area contributed by atoms with Crippen LogP contribution in [0.3, 0.4) is 0 Å². The maximum Gasteiger partial charge on any atom is 0.0490 e. The summed E-state index contributed by atoms with van der Waals surface area (Å²) in [6.45, 7) is 2.59. The quantitative estimate of drug-likeness (QED) is 0.792. The van der Waals surface area contributed by atoms with E-state index in [1.807, 2.05) is 11.3 Å². The minimum Gasteiger partial charge on any atom is -0.396 e. The van der Waals surface area contributed by atoms with Gasteiger partial charge in [-0.25, -0.2) is 0 Å². The third-order valence-corrected chi connectivity index (χ3v) is 4.20. The van der Waals surface area contributed by atoms with E-state index in [4.69, 9.17) is 0 Å². The predicted molar refractivity (Wildman–Crippen MR) is 60.8 cm³/mol. The molecular formula is C12H18OS. The van der Waals surface area contributed by atoms with Crippen molar-refractivity contribution in [3.63, 3.8) is 0 Å². The molecule has 1 heterocycles. The van der Waals surface area contributed by atoms with Crippen LogP contribution in [0.5, 0.6) is 0 Å². The molecule has 1 N–H and O–H groups in total. The molecule has 0 bridgehead atoms. The van der Waals surface area contributed by atoms with Gasteiger partial charge in [0.2, 0.25) is 0 Å². The van der Waals surface area contributed by atoms with Crippen LogP contribution in [-0.4, -0.2) is 11.7 Å². The lowest BCUT2D eigenvalue weighted by molar-refractivity contribution is 0.212. The second-order valence-corrected chi connectivity index (χ2v) is 5.71. The van der Waals surface area contributed by atoms with E-state index >= 15 is 0 Å². The molecule has 1 nitrogen and oxygen atoms in total. The Hall–Kier alpha value is -0.340. The second kappa shape index (κ2) is 4.03. The van der Waals surface area contributed by atoms with E-state index in [1.54, 1.807) is 0 Å². The Morgan fingerprint density at radius 3 is 2.64 bits per heavy atom. The van der Waals surface area contributed by atoms with Crippen LogP contribution in [-0.2, 0) is 12.8 Å². The largest absolute Gasteiger partial charge is 0.396 e. The zero-order valence-electron chi connectivity index (χ0n) is 8.75. The fourth-order valence-electron chi connectivity index (χ4n) is 1.84. The normalized spacial score (nSPS) is 18.4. The number of aliphatic hydroxyl groups excluding tert-OH is 1. The zero-order chi connectivity index (χ0) is 10.0. The molecular weight excluding hydrogens is 192 g/mol. The van der Waals surface area contributed by atoms with Gasteiger partial charge in [0.25, 0.3) is 0 Å². The van der Waals surface area contributed by atoms with Crippen molar-refractivity contribution in [3.05, 3.63) is 21.9 Å². The molecule has 1 aromatic heterocycles. The first-order valence-corrected chi connectivity index (χ1v) is 6.28. The van der Waals surface area contributed by atoms with Crippen molar-refractivity contribution >= 4 is 11.3 Å². The molecule has 0 spiro atoms. The number of aryl methyl sites for hydroxylation is 1. The summed E-state index contributed by atoms with van der Waals surface area (Å²) in [7, 11) is 0. The first kappa shape index (κ1) is 10.2. The Morgan fingerprint density at radius 1 is 1.36 bits per heavy atom. The summed E-state index contributed by atoms with van der Waals surface area (Å²) in [5, 5.41) is 9.23. The van der Waals surface area contributed by atoms with Gasteiger partial charge in [-0.05, 0) is 43.2 Å². The minimum atomic E-state index is 0.272. The van der Waals surface area contributed by atoms with Crippen molar-refractivity contribution in [2.24, 2.45) is 5.41 Å². The van der Waals surface area contributed by atoms with E-state index in [-0.39, 0.29) is 5.41 Å². The lowest BCUT2D eigenvalue weighted by Crippen LogP contribution is -2.08. The van der Waals surface area contributed by atoms with Crippen LogP contribution < -0.4 is 0 Å². The molecule has 78 valence electrons. The molecule has 1 aliphatic carbocycles. The predicted octanol–water partition coefficient (Wildman–Crippen LogP) is 3.02. The van der Waals surface area contributed by atoms with E-state index in [1.165, 1.54) is 35.4 Å². The second-order valence-electron chi connectivity index (χ2n) is 4.45. The van der Waals surface area contributed by atoms with E-state index in [9.17, 15) is 5.11 Å². The van der Waals surface area contributed by atoms with E-state index in [0.717, 1.165) is 6.42 Å². The summed E-state index contributed by atoms with van der Waals surface area (Å²) < 4.78 is 0. The number of rotatable bonds is 5. The summed E-state index contributed by atoms with van der Waals surface area (Å²) >= 11 is 1.93. The molecule has 1 aromatic rings. The molecule has 0 atom stereocenters. The van der Waals surface area contributed by atoms with Crippen molar-refractivity contribution in [3.8, 4) is 0 Å². The van der Waals surface area contributed by atoms with Crippen LogP contribution in [0, 0.1) is 5.41 Å². The van der Waals surface area contributed by atoms with Gasteiger partial charge in [0.05, 0.1) is 0 Å². The molecule has 0 radical (unpaired) electrons. The van der Waals surface area contributed by atoms with E-state index < -0.39 is 0 Å². The minimum absolute atomic E-state index is 0.272. The summed E-state index contributed by atoms with van der Waals surface area (Å²) in [5.74, 6) is 0. The molecule has 2 rings (SSSR count). The molecule has 0 aliphatic heterocycles. The van der Waals surface area contributed by atoms with E-state index in [2.05, 4.69) is 19.1 Å². The fraction of sp³-hybridized carbons (Fsp3) is 0.667. The number of hydrogen-bond acceptors (Lipinski definition) is 2.